The molecule has 0 radical (unpaired) electrons. The minimum Gasteiger partial charge on any atom is -0.481 e. The maximum absolute atomic E-state index is 13.7. The molecule has 1 saturated carbocycles. The Balaban J connectivity index is 1.84. The van der Waals surface area contributed by atoms with Crippen molar-refractivity contribution >= 4 is 11.6 Å². The zero-order valence-electron chi connectivity index (χ0n) is 12.5. The van der Waals surface area contributed by atoms with Crippen LogP contribution in [0.5, 0.6) is 5.75 Å². The fraction of sp³-hybridized carbons (Fsp3) is 0.562. The van der Waals surface area contributed by atoms with Crippen LogP contribution in [0.1, 0.15) is 44.1 Å². The summed E-state index contributed by atoms with van der Waals surface area (Å²) in [5.74, 6) is -0.672. The van der Waals surface area contributed by atoms with Crippen molar-refractivity contribution in [3.8, 4) is 5.75 Å². The highest BCUT2D eigenvalue weighted by Gasteiger charge is 2.15. The monoisotopic (exact) mass is 294 g/mol. The van der Waals surface area contributed by atoms with Crippen LogP contribution in [0.4, 0.5) is 10.1 Å². The summed E-state index contributed by atoms with van der Waals surface area (Å²) in [5, 5.41) is 2.96. The number of hydrogen-bond acceptors (Lipinski definition) is 3. The molecule has 1 amide bonds. The van der Waals surface area contributed by atoms with Gasteiger partial charge in [-0.2, -0.15) is 0 Å². The summed E-state index contributed by atoms with van der Waals surface area (Å²) in [6, 6.07) is 2.96. The molecule has 1 aliphatic carbocycles. The topological polar surface area (TPSA) is 64.3 Å². The minimum atomic E-state index is -0.541. The van der Waals surface area contributed by atoms with E-state index in [1.165, 1.54) is 25.0 Å². The first kappa shape index (κ1) is 15.6. The predicted octanol–water partition coefficient (Wildman–Crippen LogP) is 2.93. The summed E-state index contributed by atoms with van der Waals surface area (Å²) in [6.45, 7) is 1.60. The van der Waals surface area contributed by atoms with Gasteiger partial charge in [0.25, 0.3) is 5.91 Å². The molecule has 5 heteroatoms. The Morgan fingerprint density at radius 1 is 1.33 bits per heavy atom. The van der Waals surface area contributed by atoms with Gasteiger partial charge in [0, 0.05) is 17.8 Å². The van der Waals surface area contributed by atoms with Gasteiger partial charge in [-0.3, -0.25) is 4.79 Å². The van der Waals surface area contributed by atoms with E-state index in [-0.39, 0.29) is 24.3 Å². The summed E-state index contributed by atoms with van der Waals surface area (Å²) in [4.78, 5) is 11.9. The molecule has 0 saturated heterocycles. The quantitative estimate of drug-likeness (QED) is 0.663. The lowest BCUT2D eigenvalue weighted by atomic mass is 10.1. The van der Waals surface area contributed by atoms with E-state index in [4.69, 9.17) is 10.5 Å². The number of nitrogens with one attached hydrogen (secondary N) is 1. The lowest BCUT2D eigenvalue weighted by Gasteiger charge is -2.16. The van der Waals surface area contributed by atoms with Crippen molar-refractivity contribution in [2.45, 2.75) is 51.5 Å². The standard InChI is InChI=1S/C16H23FN2O2/c1-11-8-15(13(17)9-14(11)18)21-10-16(20)19-12-6-4-2-3-5-7-12/h8-9,12H,2-7,10,18H2,1H3,(H,19,20). The number of amides is 1. The van der Waals surface area contributed by atoms with Gasteiger partial charge in [0.1, 0.15) is 0 Å². The molecule has 0 unspecified atom stereocenters. The maximum atomic E-state index is 13.7. The second-order valence-corrected chi connectivity index (χ2v) is 5.68. The molecule has 0 bridgehead atoms. The van der Waals surface area contributed by atoms with Gasteiger partial charge < -0.3 is 15.8 Å². The van der Waals surface area contributed by atoms with E-state index in [2.05, 4.69) is 5.32 Å². The highest BCUT2D eigenvalue weighted by Crippen LogP contribution is 2.23. The Morgan fingerprint density at radius 2 is 2.00 bits per heavy atom. The highest BCUT2D eigenvalue weighted by atomic mass is 19.1. The fourth-order valence-corrected chi connectivity index (χ4v) is 2.62. The number of aryl methyl sites for hydroxylation is 1. The summed E-state index contributed by atoms with van der Waals surface area (Å²) >= 11 is 0. The van der Waals surface area contributed by atoms with Gasteiger partial charge in [-0.1, -0.05) is 25.7 Å². The zero-order chi connectivity index (χ0) is 15.2. The number of carbonyl (C=O) groups excluding carboxylic acids is 1. The molecular formula is C16H23FN2O2. The molecule has 1 fully saturated rings. The number of nitrogens with two attached hydrogens (primary N) is 1. The largest absolute Gasteiger partial charge is 0.481 e. The first-order valence-electron chi connectivity index (χ1n) is 7.54. The van der Waals surface area contributed by atoms with E-state index in [9.17, 15) is 9.18 Å². The Morgan fingerprint density at radius 3 is 2.67 bits per heavy atom. The normalized spacial score (nSPS) is 16.3. The van der Waals surface area contributed by atoms with Crippen LogP contribution in [0.2, 0.25) is 0 Å². The average Bonchev–Trinajstić information content (AvgIpc) is 2.70. The number of halogens is 1. The second-order valence-electron chi connectivity index (χ2n) is 5.68. The number of rotatable bonds is 4. The lowest BCUT2D eigenvalue weighted by molar-refractivity contribution is -0.123. The Labute approximate surface area is 124 Å². The molecule has 0 atom stereocenters. The van der Waals surface area contributed by atoms with Crippen LogP contribution in [-0.2, 0) is 4.79 Å². The molecule has 4 nitrogen and oxygen atoms in total. The summed E-state index contributed by atoms with van der Waals surface area (Å²) < 4.78 is 18.9. The van der Waals surface area contributed by atoms with E-state index in [1.54, 1.807) is 6.92 Å². The number of carbonyl (C=O) groups is 1. The van der Waals surface area contributed by atoms with Crippen LogP contribution in [0.25, 0.3) is 0 Å². The smallest absolute Gasteiger partial charge is 0.258 e. The second kappa shape index (κ2) is 7.29. The number of benzene rings is 1. The molecule has 0 heterocycles. The van der Waals surface area contributed by atoms with Gasteiger partial charge >= 0.3 is 0 Å². The van der Waals surface area contributed by atoms with Crippen LogP contribution in [0, 0.1) is 12.7 Å². The van der Waals surface area contributed by atoms with Crippen molar-refractivity contribution in [2.24, 2.45) is 0 Å². The van der Waals surface area contributed by atoms with Crippen molar-refractivity contribution in [3.05, 3.63) is 23.5 Å². The van der Waals surface area contributed by atoms with Crippen LogP contribution in [-0.4, -0.2) is 18.6 Å². The van der Waals surface area contributed by atoms with E-state index >= 15 is 0 Å². The third kappa shape index (κ3) is 4.62. The third-order valence-electron chi connectivity index (χ3n) is 3.90. The Bertz CT molecular complexity index is 497. The number of nitrogen functional groups attached to an aromatic ring is 1. The van der Waals surface area contributed by atoms with Gasteiger partial charge in [0.2, 0.25) is 0 Å². The number of ether oxygens (including phenoxy) is 1. The Kier molecular flexibility index (Phi) is 5.42. The van der Waals surface area contributed by atoms with Crippen molar-refractivity contribution in [1.82, 2.24) is 5.32 Å². The van der Waals surface area contributed by atoms with E-state index in [1.807, 2.05) is 0 Å². The molecule has 21 heavy (non-hydrogen) atoms. The van der Waals surface area contributed by atoms with Crippen molar-refractivity contribution < 1.29 is 13.9 Å². The predicted molar refractivity (Wildman–Crippen MR) is 80.7 cm³/mol. The number of hydrogen-bond donors (Lipinski definition) is 2. The molecule has 0 spiro atoms. The molecule has 1 aliphatic rings. The minimum absolute atomic E-state index is 0.0673. The van der Waals surface area contributed by atoms with Gasteiger partial charge in [-0.05, 0) is 31.4 Å². The zero-order valence-corrected chi connectivity index (χ0v) is 12.5. The molecule has 1 aromatic rings. The first-order valence-corrected chi connectivity index (χ1v) is 7.54. The molecule has 116 valence electrons. The molecule has 3 N–H and O–H groups in total. The molecule has 0 aliphatic heterocycles. The van der Waals surface area contributed by atoms with Crippen LogP contribution in [0.15, 0.2) is 12.1 Å². The van der Waals surface area contributed by atoms with Crippen molar-refractivity contribution in [2.75, 3.05) is 12.3 Å². The SMILES string of the molecule is Cc1cc(OCC(=O)NC2CCCCCC2)c(F)cc1N. The summed E-state index contributed by atoms with van der Waals surface area (Å²) in [5.41, 5.74) is 6.72. The molecular weight excluding hydrogens is 271 g/mol. The van der Waals surface area contributed by atoms with Crippen molar-refractivity contribution in [1.29, 1.82) is 0 Å². The van der Waals surface area contributed by atoms with Gasteiger partial charge in [0.15, 0.2) is 18.2 Å². The van der Waals surface area contributed by atoms with Crippen LogP contribution >= 0.6 is 0 Å². The fourth-order valence-electron chi connectivity index (χ4n) is 2.62. The Hall–Kier alpha value is -1.78. The van der Waals surface area contributed by atoms with E-state index in [0.29, 0.717) is 5.69 Å². The van der Waals surface area contributed by atoms with E-state index < -0.39 is 5.82 Å². The molecule has 2 rings (SSSR count). The summed E-state index contributed by atoms with van der Waals surface area (Å²) in [7, 11) is 0. The first-order chi connectivity index (χ1) is 10.1. The molecule has 1 aromatic carbocycles. The van der Waals surface area contributed by atoms with E-state index in [0.717, 1.165) is 31.2 Å². The average molecular weight is 294 g/mol. The molecule has 0 aromatic heterocycles. The van der Waals surface area contributed by atoms with Gasteiger partial charge in [-0.15, -0.1) is 0 Å². The third-order valence-corrected chi connectivity index (χ3v) is 3.90. The maximum Gasteiger partial charge on any atom is 0.258 e. The number of anilines is 1. The van der Waals surface area contributed by atoms with Crippen LogP contribution < -0.4 is 15.8 Å². The van der Waals surface area contributed by atoms with Crippen LogP contribution in [0.3, 0.4) is 0 Å². The highest BCUT2D eigenvalue weighted by molar-refractivity contribution is 5.77. The summed E-state index contributed by atoms with van der Waals surface area (Å²) in [6.07, 6.45) is 6.80. The van der Waals surface area contributed by atoms with Gasteiger partial charge in [0.05, 0.1) is 0 Å². The lowest BCUT2D eigenvalue weighted by Crippen LogP contribution is -2.37. The van der Waals surface area contributed by atoms with Crippen molar-refractivity contribution in [3.63, 3.8) is 0 Å². The van der Waals surface area contributed by atoms with Gasteiger partial charge in [-0.25, -0.2) is 4.39 Å².